The van der Waals surface area contributed by atoms with Crippen molar-refractivity contribution < 1.29 is 0 Å². The number of nitrogens with one attached hydrogen (secondary N) is 1. The van der Waals surface area contributed by atoms with Crippen molar-refractivity contribution in [3.63, 3.8) is 0 Å². The van der Waals surface area contributed by atoms with E-state index in [1.54, 1.807) is 0 Å². The molecule has 4 aliphatic heterocycles. The molecule has 12 heavy (non-hydrogen) atoms. The Kier molecular flexibility index (Phi) is 1.33. The minimum absolute atomic E-state index is 0.370. The maximum atomic E-state index is 3.48. The van der Waals surface area contributed by atoms with Gasteiger partial charge in [-0.15, -0.1) is 0 Å². The summed E-state index contributed by atoms with van der Waals surface area (Å²) in [6.45, 7) is 7.24. The molecule has 4 fully saturated rings. The van der Waals surface area contributed by atoms with Crippen molar-refractivity contribution >= 4 is 0 Å². The monoisotopic (exact) mass is 168 g/mol. The third-order valence-corrected chi connectivity index (χ3v) is 3.31. The lowest BCUT2D eigenvalue weighted by Gasteiger charge is -2.60. The fourth-order valence-electron chi connectivity index (χ4n) is 2.95. The van der Waals surface area contributed by atoms with E-state index in [2.05, 4.69) is 27.1 Å². The highest BCUT2D eigenvalue weighted by molar-refractivity contribution is 5.04. The van der Waals surface area contributed by atoms with Crippen LogP contribution in [0.15, 0.2) is 0 Å². The lowest BCUT2D eigenvalue weighted by atomic mass is 9.91. The summed E-state index contributed by atoms with van der Waals surface area (Å²) >= 11 is 0. The second-order valence-electron chi connectivity index (χ2n) is 4.44. The second kappa shape index (κ2) is 2.20. The lowest BCUT2D eigenvalue weighted by Crippen LogP contribution is -2.79. The van der Waals surface area contributed by atoms with E-state index in [-0.39, 0.29) is 0 Å². The topological polar surface area (TPSA) is 21.8 Å². The maximum absolute atomic E-state index is 3.48. The molecular formula is C8H16N4. The Labute approximate surface area is 73.1 Å². The second-order valence-corrected chi connectivity index (χ2v) is 4.44. The molecule has 1 N–H and O–H groups in total. The number of rotatable bonds is 1. The largest absolute Gasteiger partial charge is 0.311 e. The molecule has 4 rings (SSSR count). The van der Waals surface area contributed by atoms with E-state index >= 15 is 0 Å². The third-order valence-electron chi connectivity index (χ3n) is 3.31. The van der Waals surface area contributed by atoms with E-state index in [0.29, 0.717) is 5.54 Å². The van der Waals surface area contributed by atoms with Crippen LogP contribution in [0.1, 0.15) is 0 Å². The van der Waals surface area contributed by atoms with Crippen molar-refractivity contribution in [1.82, 2.24) is 20.0 Å². The molecule has 68 valence electrons. The molecule has 4 nitrogen and oxygen atoms in total. The van der Waals surface area contributed by atoms with Gasteiger partial charge in [-0.05, 0) is 7.05 Å². The van der Waals surface area contributed by atoms with Gasteiger partial charge in [-0.3, -0.25) is 14.7 Å². The summed E-state index contributed by atoms with van der Waals surface area (Å²) in [5, 5.41) is 3.48. The predicted molar refractivity (Wildman–Crippen MR) is 46.5 cm³/mol. The molecule has 0 spiro atoms. The van der Waals surface area contributed by atoms with E-state index in [4.69, 9.17) is 0 Å². The van der Waals surface area contributed by atoms with Crippen LogP contribution in [0.3, 0.4) is 0 Å². The summed E-state index contributed by atoms with van der Waals surface area (Å²) in [6, 6.07) is 0. The van der Waals surface area contributed by atoms with Crippen LogP contribution in [0, 0.1) is 0 Å². The Morgan fingerprint density at radius 1 is 0.917 bits per heavy atom. The minimum atomic E-state index is 0.370. The molecule has 0 unspecified atom stereocenters. The lowest BCUT2D eigenvalue weighted by molar-refractivity contribution is -0.148. The summed E-state index contributed by atoms with van der Waals surface area (Å²) in [4.78, 5) is 7.56. The highest BCUT2D eigenvalue weighted by Gasteiger charge is 2.47. The average molecular weight is 168 g/mol. The van der Waals surface area contributed by atoms with Gasteiger partial charge in [0.25, 0.3) is 0 Å². The van der Waals surface area contributed by atoms with Gasteiger partial charge < -0.3 is 5.32 Å². The molecule has 4 saturated heterocycles. The van der Waals surface area contributed by atoms with Gasteiger partial charge in [0.2, 0.25) is 0 Å². The van der Waals surface area contributed by atoms with Crippen LogP contribution in [0.25, 0.3) is 0 Å². The van der Waals surface area contributed by atoms with Crippen LogP contribution < -0.4 is 5.32 Å². The Hall–Kier alpha value is -0.160. The van der Waals surface area contributed by atoms with Gasteiger partial charge in [-0.25, -0.2) is 0 Å². The average Bonchev–Trinajstić information content (AvgIpc) is 2.02. The molecule has 0 radical (unpaired) electrons. The van der Waals surface area contributed by atoms with Crippen molar-refractivity contribution in [1.29, 1.82) is 0 Å². The first-order valence-corrected chi connectivity index (χ1v) is 4.66. The van der Waals surface area contributed by atoms with E-state index in [1.165, 1.54) is 39.6 Å². The van der Waals surface area contributed by atoms with Crippen LogP contribution in [0.2, 0.25) is 0 Å². The van der Waals surface area contributed by atoms with Gasteiger partial charge in [-0.1, -0.05) is 0 Å². The van der Waals surface area contributed by atoms with Gasteiger partial charge in [0.1, 0.15) is 0 Å². The van der Waals surface area contributed by atoms with Crippen LogP contribution in [-0.2, 0) is 0 Å². The fraction of sp³-hybridized carbons (Fsp3) is 1.00. The molecule has 0 aliphatic carbocycles. The first-order chi connectivity index (χ1) is 5.80. The van der Waals surface area contributed by atoms with Crippen LogP contribution in [-0.4, -0.2) is 66.9 Å². The molecule has 0 aromatic rings. The Balaban J connectivity index is 1.90. The highest BCUT2D eigenvalue weighted by atomic mass is 15.6. The van der Waals surface area contributed by atoms with Crippen molar-refractivity contribution in [3.05, 3.63) is 0 Å². The van der Waals surface area contributed by atoms with Crippen molar-refractivity contribution in [3.8, 4) is 0 Å². The molecule has 0 aromatic heterocycles. The number of nitrogens with zero attached hydrogens (tertiary/aromatic N) is 3. The third kappa shape index (κ3) is 0.864. The first-order valence-electron chi connectivity index (χ1n) is 4.66. The van der Waals surface area contributed by atoms with Crippen molar-refractivity contribution in [2.45, 2.75) is 5.54 Å². The van der Waals surface area contributed by atoms with Gasteiger partial charge >= 0.3 is 0 Å². The Bertz CT molecular complexity index is 168. The van der Waals surface area contributed by atoms with E-state index < -0.39 is 0 Å². The van der Waals surface area contributed by atoms with Crippen LogP contribution >= 0.6 is 0 Å². The zero-order valence-corrected chi connectivity index (χ0v) is 7.58. The van der Waals surface area contributed by atoms with Gasteiger partial charge in [0.15, 0.2) is 0 Å². The predicted octanol–water partition coefficient (Wildman–Crippen LogP) is -1.24. The number of likely N-dealkylation sites (N-methyl/N-ethyl adjacent to an activating group) is 1. The van der Waals surface area contributed by atoms with Gasteiger partial charge in [0.05, 0.1) is 25.5 Å². The van der Waals surface area contributed by atoms with Crippen LogP contribution in [0.5, 0.6) is 0 Å². The van der Waals surface area contributed by atoms with Gasteiger partial charge in [0, 0.05) is 19.6 Å². The quantitative estimate of drug-likeness (QED) is 0.529. The molecule has 4 heteroatoms. The smallest absolute Gasteiger partial charge is 0.0566 e. The SMILES string of the molecule is CNC12CN3CN(CN(C3)C1)C2. The molecule has 0 amide bonds. The molecule has 0 atom stereocenters. The molecule has 4 heterocycles. The highest BCUT2D eigenvalue weighted by Crippen LogP contribution is 2.28. The van der Waals surface area contributed by atoms with E-state index in [1.807, 2.05) is 0 Å². The van der Waals surface area contributed by atoms with Gasteiger partial charge in [-0.2, -0.15) is 0 Å². The zero-order valence-electron chi connectivity index (χ0n) is 7.58. The molecule has 0 aromatic carbocycles. The summed E-state index contributed by atoms with van der Waals surface area (Å²) in [5.41, 5.74) is 0.370. The zero-order chi connectivity index (χ0) is 8.18. The first kappa shape index (κ1) is 7.26. The molecule has 4 aliphatic rings. The summed E-state index contributed by atoms with van der Waals surface area (Å²) in [5.74, 6) is 0. The molecule has 4 bridgehead atoms. The summed E-state index contributed by atoms with van der Waals surface area (Å²) in [7, 11) is 2.09. The van der Waals surface area contributed by atoms with Crippen LogP contribution in [0.4, 0.5) is 0 Å². The fourth-order valence-corrected chi connectivity index (χ4v) is 2.95. The Morgan fingerprint density at radius 2 is 1.33 bits per heavy atom. The maximum Gasteiger partial charge on any atom is 0.0566 e. The van der Waals surface area contributed by atoms with Crippen molar-refractivity contribution in [2.75, 3.05) is 46.7 Å². The van der Waals surface area contributed by atoms with E-state index in [0.717, 1.165) is 0 Å². The Morgan fingerprint density at radius 3 is 1.67 bits per heavy atom. The molecule has 0 saturated carbocycles. The van der Waals surface area contributed by atoms with E-state index in [9.17, 15) is 0 Å². The minimum Gasteiger partial charge on any atom is -0.311 e. The molecular weight excluding hydrogens is 152 g/mol. The normalized spacial score (nSPS) is 56.2. The number of hydrogen-bond acceptors (Lipinski definition) is 4. The summed E-state index contributed by atoms with van der Waals surface area (Å²) < 4.78 is 0. The summed E-state index contributed by atoms with van der Waals surface area (Å²) in [6.07, 6.45) is 0. The van der Waals surface area contributed by atoms with Crippen molar-refractivity contribution in [2.24, 2.45) is 0 Å². The standard InChI is InChI=1S/C8H16N4/c1-9-8-2-10-5-11(3-8)7-12(4-8)6-10/h9H,2-7H2,1H3. The number of hydrogen-bond donors (Lipinski definition) is 1.